The van der Waals surface area contributed by atoms with Gasteiger partial charge in [0.1, 0.15) is 78.9 Å². The van der Waals surface area contributed by atoms with Gasteiger partial charge in [0.05, 0.1) is 26.4 Å². The molecule has 63 heavy (non-hydrogen) atoms. The molecule has 0 aliphatic carbocycles. The van der Waals surface area contributed by atoms with Crippen molar-refractivity contribution in [1.29, 1.82) is 0 Å². The minimum Gasteiger partial charge on any atom is -0.484 e. The number of hydrogen-bond donors (Lipinski definition) is 13. The van der Waals surface area contributed by atoms with Crippen LogP contribution in [0, 0.1) is 0 Å². The second-order valence-electron chi connectivity index (χ2n) is 15.1. The Balaban J connectivity index is 1.11. The molecule has 352 valence electrons. The van der Waals surface area contributed by atoms with Crippen LogP contribution in [0.1, 0.15) is 23.7 Å². The lowest BCUT2D eigenvalue weighted by molar-refractivity contribution is -0.376. The molecule has 0 radical (unpaired) electrons. The molecule has 5 rings (SSSR count). The summed E-state index contributed by atoms with van der Waals surface area (Å²) >= 11 is 0. The van der Waals surface area contributed by atoms with Gasteiger partial charge in [-0.3, -0.25) is 14.4 Å². The number of rotatable bonds is 20. The molecule has 2 aromatic rings. The molecule has 3 amide bonds. The Morgan fingerprint density at radius 1 is 0.683 bits per heavy atom. The van der Waals surface area contributed by atoms with Crippen molar-refractivity contribution >= 4 is 17.7 Å². The van der Waals surface area contributed by atoms with Crippen molar-refractivity contribution in [2.45, 2.75) is 105 Å². The average Bonchev–Trinajstić information content (AvgIpc) is 3.28. The van der Waals surface area contributed by atoms with Gasteiger partial charge in [0, 0.05) is 32.1 Å². The number of ether oxygens (including phenoxy) is 7. The van der Waals surface area contributed by atoms with E-state index in [-0.39, 0.29) is 32.1 Å². The Hall–Kier alpha value is -3.99. The molecular weight excluding hydrogens is 840 g/mol. The highest BCUT2D eigenvalue weighted by Crippen LogP contribution is 2.33. The standard InChI is InChI=1S/C40H58N4O19/c1-19(48)44-28-31(52)35(62-40-34(55)36(30(51)25(16-46)60-40)63-39-33(54)32(53)29(50)24(15-45)59-39)26(17-47)61-38(28)57-13-3-11-42-27(49)18-58-23-8-6-20(7-9-23)21-4-2-5-22(14-21)37(56)43-12-10-41/h2,4-9,14,24-26,28-36,38-40,45-47,50-55H,3,10-13,15-18,41H2,1H3,(H,42,49)(H,43,56)(H,44,48)/t24?,25?,26?,28?,29-,30-,31?,32?,33?,34?,35+,36?,38+,39+,40-/m0/s1. The SMILES string of the molecule is CC(=O)NC1C(O)[C@H](O[C@@H]2OC(CO)[C@H](O)C(O[C@H]3OC(CO)[C@H](O)C(O)C3O)C2O)C(CO)O[C@H]1OCCCNC(=O)COc1ccc(-c2cccc(C(=O)NCCN)c2)cc1. The number of aliphatic hydroxyl groups is 9. The zero-order valence-electron chi connectivity index (χ0n) is 34.3. The van der Waals surface area contributed by atoms with Crippen LogP contribution in [-0.4, -0.2) is 208 Å². The number of nitrogens with one attached hydrogen (secondary N) is 3. The van der Waals surface area contributed by atoms with Gasteiger partial charge in [0.2, 0.25) is 5.91 Å². The summed E-state index contributed by atoms with van der Waals surface area (Å²) in [5.41, 5.74) is 7.59. The molecule has 2 aromatic carbocycles. The summed E-state index contributed by atoms with van der Waals surface area (Å²) in [5.74, 6) is -0.838. The third-order valence-corrected chi connectivity index (χ3v) is 10.5. The predicted molar refractivity (Wildman–Crippen MR) is 213 cm³/mol. The topological polar surface area (TPSA) is 360 Å². The van der Waals surface area contributed by atoms with E-state index >= 15 is 0 Å². The van der Waals surface area contributed by atoms with E-state index in [1.54, 1.807) is 42.5 Å². The lowest BCUT2D eigenvalue weighted by Crippen LogP contribution is -2.68. The number of amides is 3. The van der Waals surface area contributed by atoms with E-state index in [2.05, 4.69) is 16.0 Å². The van der Waals surface area contributed by atoms with E-state index in [9.17, 15) is 60.3 Å². The van der Waals surface area contributed by atoms with Gasteiger partial charge in [-0.2, -0.15) is 0 Å². The fourth-order valence-electron chi connectivity index (χ4n) is 7.15. The summed E-state index contributed by atoms with van der Waals surface area (Å²) in [7, 11) is 0. The molecule has 0 aromatic heterocycles. The number of aliphatic hydroxyl groups excluding tert-OH is 9. The van der Waals surface area contributed by atoms with Crippen molar-refractivity contribution in [1.82, 2.24) is 16.0 Å². The number of carbonyl (C=O) groups excluding carboxylic acids is 3. The molecule has 3 aliphatic heterocycles. The van der Waals surface area contributed by atoms with Crippen molar-refractivity contribution in [3.8, 4) is 16.9 Å². The van der Waals surface area contributed by atoms with E-state index < -0.39 is 124 Å². The lowest BCUT2D eigenvalue weighted by Gasteiger charge is -2.48. The van der Waals surface area contributed by atoms with Gasteiger partial charge in [-0.25, -0.2) is 0 Å². The monoisotopic (exact) mass is 898 g/mol. The van der Waals surface area contributed by atoms with Gasteiger partial charge in [-0.15, -0.1) is 0 Å². The molecule has 3 saturated heterocycles. The van der Waals surface area contributed by atoms with Crippen LogP contribution in [0.15, 0.2) is 48.5 Å². The fraction of sp³-hybridized carbons (Fsp3) is 0.625. The number of hydrogen-bond acceptors (Lipinski definition) is 20. The van der Waals surface area contributed by atoms with Crippen LogP contribution in [0.25, 0.3) is 11.1 Å². The minimum atomic E-state index is -1.96. The Morgan fingerprint density at radius 2 is 1.32 bits per heavy atom. The number of nitrogens with two attached hydrogens (primary N) is 1. The van der Waals surface area contributed by atoms with E-state index in [0.717, 1.165) is 18.1 Å². The molecule has 0 saturated carbocycles. The fourth-order valence-corrected chi connectivity index (χ4v) is 7.15. The van der Waals surface area contributed by atoms with Gasteiger partial charge >= 0.3 is 0 Å². The van der Waals surface area contributed by atoms with Crippen LogP contribution < -0.4 is 26.4 Å². The van der Waals surface area contributed by atoms with Gasteiger partial charge in [-0.05, 0) is 41.8 Å². The Kier molecular flexibility index (Phi) is 18.9. The Labute approximate surface area is 361 Å². The van der Waals surface area contributed by atoms with Crippen molar-refractivity contribution < 1.29 is 93.5 Å². The van der Waals surface area contributed by atoms with Crippen molar-refractivity contribution in [3.63, 3.8) is 0 Å². The van der Waals surface area contributed by atoms with Gasteiger partial charge in [0.25, 0.3) is 11.8 Å². The first kappa shape index (κ1) is 50.0. The highest BCUT2D eigenvalue weighted by molar-refractivity contribution is 5.95. The quantitative estimate of drug-likeness (QED) is 0.0552. The summed E-state index contributed by atoms with van der Waals surface area (Å²) in [6.45, 7) is -0.798. The highest BCUT2D eigenvalue weighted by atomic mass is 16.8. The largest absolute Gasteiger partial charge is 0.484 e. The first-order valence-electron chi connectivity index (χ1n) is 20.4. The van der Waals surface area contributed by atoms with Crippen LogP contribution in [0.3, 0.4) is 0 Å². The second kappa shape index (κ2) is 23.8. The molecule has 3 aliphatic rings. The zero-order chi connectivity index (χ0) is 45.8. The van der Waals surface area contributed by atoms with Gasteiger partial charge in [0.15, 0.2) is 25.5 Å². The molecule has 14 N–H and O–H groups in total. The minimum absolute atomic E-state index is 0.0624. The molecule has 23 heteroatoms. The van der Waals surface area contributed by atoms with Crippen LogP contribution in [0.4, 0.5) is 0 Å². The number of benzene rings is 2. The highest BCUT2D eigenvalue weighted by Gasteiger charge is 2.54. The van der Waals surface area contributed by atoms with Crippen molar-refractivity contribution in [3.05, 3.63) is 54.1 Å². The first-order valence-corrected chi connectivity index (χ1v) is 20.4. The molecule has 0 bridgehead atoms. The molecule has 3 heterocycles. The summed E-state index contributed by atoms with van der Waals surface area (Å²) < 4.78 is 39.7. The van der Waals surface area contributed by atoms with Crippen LogP contribution >= 0.6 is 0 Å². The van der Waals surface area contributed by atoms with E-state index in [1.165, 1.54) is 0 Å². The van der Waals surface area contributed by atoms with E-state index in [0.29, 0.717) is 24.4 Å². The smallest absolute Gasteiger partial charge is 0.257 e. The predicted octanol–water partition coefficient (Wildman–Crippen LogP) is -5.46. The summed E-state index contributed by atoms with van der Waals surface area (Å²) in [6.07, 6.45) is -23.3. The summed E-state index contributed by atoms with van der Waals surface area (Å²) in [5, 5.41) is 102. The van der Waals surface area contributed by atoms with Crippen molar-refractivity contribution in [2.75, 3.05) is 52.7 Å². The second-order valence-corrected chi connectivity index (χ2v) is 15.1. The van der Waals surface area contributed by atoms with Crippen molar-refractivity contribution in [2.24, 2.45) is 5.73 Å². The van der Waals surface area contributed by atoms with Gasteiger partial charge < -0.3 is 101 Å². The Morgan fingerprint density at radius 3 is 1.97 bits per heavy atom. The first-order chi connectivity index (χ1) is 30.2. The third kappa shape index (κ3) is 12.8. The molecule has 15 atom stereocenters. The maximum Gasteiger partial charge on any atom is 0.257 e. The third-order valence-electron chi connectivity index (χ3n) is 10.5. The maximum atomic E-state index is 12.5. The van der Waals surface area contributed by atoms with Crippen LogP contribution in [0.2, 0.25) is 0 Å². The Bertz CT molecular complexity index is 1760. The average molecular weight is 899 g/mol. The lowest BCUT2D eigenvalue weighted by atomic mass is 9.95. The normalized spacial score (nSPS) is 33.3. The van der Waals surface area contributed by atoms with Crippen LogP contribution in [-0.2, 0) is 38.0 Å². The molecule has 3 fully saturated rings. The molecule has 0 spiro atoms. The molecular formula is C40H58N4O19. The molecule has 9 unspecified atom stereocenters. The maximum absolute atomic E-state index is 12.5. The summed E-state index contributed by atoms with van der Waals surface area (Å²) in [4.78, 5) is 37.1. The molecule has 23 nitrogen and oxygen atoms in total. The van der Waals surface area contributed by atoms with Crippen LogP contribution in [0.5, 0.6) is 5.75 Å². The van der Waals surface area contributed by atoms with E-state index in [1.807, 2.05) is 6.07 Å². The van der Waals surface area contributed by atoms with Gasteiger partial charge in [-0.1, -0.05) is 24.3 Å². The summed E-state index contributed by atoms with van der Waals surface area (Å²) in [6, 6.07) is 12.7. The van der Waals surface area contributed by atoms with E-state index in [4.69, 9.17) is 38.9 Å². The number of carbonyl (C=O) groups is 3. The zero-order valence-corrected chi connectivity index (χ0v) is 34.3.